The van der Waals surface area contributed by atoms with E-state index in [0.717, 1.165) is 36.7 Å². The molecule has 1 aliphatic rings. The molecule has 154 valence electrons. The Balaban J connectivity index is 1.39. The standard InChI is InChI=1S/C20H20F3IN4O/c21-20(22,23)15-4-3-5-16(14-15)26-11-8-25(9-12-26)10-13-27-17-6-1-2-7-18(17)28(24)19(27)29/h1-7,14H,8-13H2. The second kappa shape index (κ2) is 8.02. The molecular weight excluding hydrogens is 496 g/mol. The molecule has 1 aliphatic heterocycles. The van der Waals surface area contributed by atoms with Gasteiger partial charge in [0.25, 0.3) is 0 Å². The summed E-state index contributed by atoms with van der Waals surface area (Å²) in [4.78, 5) is 16.7. The van der Waals surface area contributed by atoms with Crippen molar-refractivity contribution in [2.24, 2.45) is 0 Å². The molecule has 9 heteroatoms. The van der Waals surface area contributed by atoms with Crippen molar-refractivity contribution in [3.63, 3.8) is 0 Å². The number of piperazine rings is 1. The summed E-state index contributed by atoms with van der Waals surface area (Å²) < 4.78 is 42.2. The van der Waals surface area contributed by atoms with E-state index in [1.807, 2.05) is 52.0 Å². The summed E-state index contributed by atoms with van der Waals surface area (Å²) in [6.07, 6.45) is -4.33. The van der Waals surface area contributed by atoms with Crippen LogP contribution in [0.1, 0.15) is 5.56 Å². The van der Waals surface area contributed by atoms with Crippen LogP contribution in [-0.4, -0.2) is 45.0 Å². The summed E-state index contributed by atoms with van der Waals surface area (Å²) in [5.74, 6) is 0. The average Bonchev–Trinajstić information content (AvgIpc) is 2.97. The van der Waals surface area contributed by atoms with Gasteiger partial charge in [-0.3, -0.25) is 9.47 Å². The normalized spacial score (nSPS) is 15.9. The van der Waals surface area contributed by atoms with E-state index in [9.17, 15) is 18.0 Å². The molecular formula is C20H20F3IN4O. The van der Waals surface area contributed by atoms with E-state index in [1.54, 1.807) is 13.4 Å². The Labute approximate surface area is 179 Å². The largest absolute Gasteiger partial charge is 0.416 e. The fraction of sp³-hybridized carbons (Fsp3) is 0.350. The van der Waals surface area contributed by atoms with E-state index in [-0.39, 0.29) is 5.69 Å². The first-order chi connectivity index (χ1) is 13.8. The highest BCUT2D eigenvalue weighted by atomic mass is 127. The first-order valence-electron chi connectivity index (χ1n) is 9.35. The fourth-order valence-corrected chi connectivity index (χ4v) is 4.40. The number of anilines is 1. The number of nitrogens with zero attached hydrogens (tertiary/aromatic N) is 4. The first kappa shape index (κ1) is 20.3. The lowest BCUT2D eigenvalue weighted by atomic mass is 10.1. The highest BCUT2D eigenvalue weighted by molar-refractivity contribution is 14.1. The summed E-state index contributed by atoms with van der Waals surface area (Å²) >= 11 is 2.02. The molecule has 0 radical (unpaired) electrons. The van der Waals surface area contributed by atoms with Gasteiger partial charge in [0.15, 0.2) is 0 Å². The number of hydrogen-bond donors (Lipinski definition) is 0. The Morgan fingerprint density at radius 1 is 0.897 bits per heavy atom. The van der Waals surface area contributed by atoms with Crippen molar-refractivity contribution in [1.29, 1.82) is 0 Å². The van der Waals surface area contributed by atoms with Crippen molar-refractivity contribution in [2.45, 2.75) is 12.7 Å². The van der Waals surface area contributed by atoms with E-state index in [4.69, 9.17) is 0 Å². The van der Waals surface area contributed by atoms with E-state index < -0.39 is 11.7 Å². The Hall–Kier alpha value is -2.01. The molecule has 5 nitrogen and oxygen atoms in total. The molecule has 0 N–H and O–H groups in total. The number of imidazole rings is 1. The van der Waals surface area contributed by atoms with Crippen molar-refractivity contribution in [1.82, 2.24) is 12.2 Å². The molecule has 0 unspecified atom stereocenters. The number of fused-ring (bicyclic) bond motifs is 1. The SMILES string of the molecule is O=c1n(I)c2ccccc2n1CCN1CCN(c2cccc(C(F)(F)F)c2)CC1. The molecule has 1 fully saturated rings. The number of para-hydroxylation sites is 2. The van der Waals surface area contributed by atoms with Crippen LogP contribution in [0.25, 0.3) is 11.0 Å². The summed E-state index contributed by atoms with van der Waals surface area (Å²) in [5.41, 5.74) is 1.74. The first-order valence-corrected chi connectivity index (χ1v) is 10.3. The van der Waals surface area contributed by atoms with Crippen LogP contribution in [0.5, 0.6) is 0 Å². The lowest BCUT2D eigenvalue weighted by Gasteiger charge is -2.36. The maximum absolute atomic E-state index is 12.9. The predicted molar refractivity (Wildman–Crippen MR) is 116 cm³/mol. The van der Waals surface area contributed by atoms with Gasteiger partial charge >= 0.3 is 11.9 Å². The van der Waals surface area contributed by atoms with Crippen LogP contribution in [0, 0.1) is 0 Å². The zero-order valence-electron chi connectivity index (χ0n) is 15.6. The Kier molecular flexibility index (Phi) is 5.60. The molecule has 0 spiro atoms. The molecule has 0 saturated carbocycles. The van der Waals surface area contributed by atoms with Gasteiger partial charge in [-0.05, 0) is 30.3 Å². The van der Waals surface area contributed by atoms with Crippen molar-refractivity contribution >= 4 is 39.6 Å². The van der Waals surface area contributed by atoms with Gasteiger partial charge < -0.3 is 4.90 Å². The van der Waals surface area contributed by atoms with Crippen LogP contribution < -0.4 is 10.6 Å². The van der Waals surface area contributed by atoms with E-state index in [2.05, 4.69) is 4.90 Å². The van der Waals surface area contributed by atoms with Crippen molar-refractivity contribution in [2.75, 3.05) is 37.6 Å². The molecule has 29 heavy (non-hydrogen) atoms. The van der Waals surface area contributed by atoms with Crippen molar-refractivity contribution in [3.8, 4) is 0 Å². The molecule has 4 rings (SSSR count). The van der Waals surface area contributed by atoms with Crippen LogP contribution in [0.15, 0.2) is 53.3 Å². The number of hydrogen-bond acceptors (Lipinski definition) is 3. The van der Waals surface area contributed by atoms with Crippen LogP contribution in [0.2, 0.25) is 0 Å². The van der Waals surface area contributed by atoms with Gasteiger partial charge in [-0.15, -0.1) is 0 Å². The van der Waals surface area contributed by atoms with Crippen molar-refractivity contribution in [3.05, 3.63) is 64.6 Å². The van der Waals surface area contributed by atoms with E-state index in [1.165, 1.54) is 12.1 Å². The topological polar surface area (TPSA) is 33.4 Å². The molecule has 1 saturated heterocycles. The number of benzene rings is 2. The van der Waals surface area contributed by atoms with Crippen LogP contribution >= 0.6 is 22.9 Å². The van der Waals surface area contributed by atoms with Gasteiger partial charge in [0.2, 0.25) is 0 Å². The second-order valence-electron chi connectivity index (χ2n) is 7.08. The van der Waals surface area contributed by atoms with Crippen LogP contribution in [0.3, 0.4) is 0 Å². The summed E-state index contributed by atoms with van der Waals surface area (Å²) in [7, 11) is 0. The van der Waals surface area contributed by atoms with Gasteiger partial charge in [-0.2, -0.15) is 13.2 Å². The number of halogens is 4. The number of alkyl halides is 3. The minimum absolute atomic E-state index is 0.0469. The quantitative estimate of drug-likeness (QED) is 0.495. The Morgan fingerprint density at radius 3 is 2.28 bits per heavy atom. The van der Waals surface area contributed by atoms with E-state index >= 15 is 0 Å². The zero-order chi connectivity index (χ0) is 20.6. The van der Waals surface area contributed by atoms with Crippen LogP contribution in [-0.2, 0) is 12.7 Å². The highest BCUT2D eigenvalue weighted by Gasteiger charge is 2.31. The Bertz CT molecular complexity index is 1070. The lowest BCUT2D eigenvalue weighted by Crippen LogP contribution is -2.47. The van der Waals surface area contributed by atoms with E-state index in [0.29, 0.717) is 25.3 Å². The third-order valence-electron chi connectivity index (χ3n) is 5.33. The summed E-state index contributed by atoms with van der Waals surface area (Å²) in [6.45, 7) is 4.11. The van der Waals surface area contributed by atoms with Gasteiger partial charge in [0.05, 0.1) is 39.5 Å². The predicted octanol–water partition coefficient (Wildman–Crippen LogP) is 3.84. The molecule has 2 aromatic carbocycles. The van der Waals surface area contributed by atoms with Gasteiger partial charge in [-0.1, -0.05) is 18.2 Å². The van der Waals surface area contributed by atoms with Crippen LogP contribution in [0.4, 0.5) is 18.9 Å². The maximum atomic E-state index is 12.9. The lowest BCUT2D eigenvalue weighted by molar-refractivity contribution is -0.137. The molecule has 2 heterocycles. The molecule has 0 bridgehead atoms. The third kappa shape index (κ3) is 4.16. The van der Waals surface area contributed by atoms with Gasteiger partial charge in [0, 0.05) is 45.0 Å². The van der Waals surface area contributed by atoms with Crippen molar-refractivity contribution < 1.29 is 13.2 Å². The zero-order valence-corrected chi connectivity index (χ0v) is 17.7. The highest BCUT2D eigenvalue weighted by Crippen LogP contribution is 2.31. The second-order valence-corrected chi connectivity index (χ2v) is 8.05. The fourth-order valence-electron chi connectivity index (χ4n) is 3.74. The molecule has 1 aromatic heterocycles. The minimum atomic E-state index is -4.33. The molecule has 0 aliphatic carbocycles. The molecule has 0 amide bonds. The Morgan fingerprint density at radius 2 is 1.59 bits per heavy atom. The maximum Gasteiger partial charge on any atom is 0.416 e. The number of aromatic nitrogens is 2. The molecule has 3 aromatic rings. The monoisotopic (exact) mass is 516 g/mol. The number of rotatable bonds is 4. The third-order valence-corrected chi connectivity index (χ3v) is 6.27. The summed E-state index contributed by atoms with van der Waals surface area (Å²) in [6, 6.07) is 13.2. The minimum Gasteiger partial charge on any atom is -0.369 e. The van der Waals surface area contributed by atoms with Gasteiger partial charge in [0.1, 0.15) is 0 Å². The smallest absolute Gasteiger partial charge is 0.369 e. The summed E-state index contributed by atoms with van der Waals surface area (Å²) in [5, 5.41) is 0. The van der Waals surface area contributed by atoms with Gasteiger partial charge in [-0.25, -0.2) is 7.58 Å². The molecule has 0 atom stereocenters. The average molecular weight is 516 g/mol.